The van der Waals surface area contributed by atoms with Gasteiger partial charge in [0.25, 0.3) is 5.82 Å². The van der Waals surface area contributed by atoms with Gasteiger partial charge in [0.1, 0.15) is 11.3 Å². The Morgan fingerprint density at radius 2 is 1.46 bits per heavy atom. The number of furan rings is 1. The summed E-state index contributed by atoms with van der Waals surface area (Å²) in [6.07, 6.45) is 10.0. The molecule has 3 aromatic heterocycles. The maximum absolute atomic E-state index is 7.98. The van der Waals surface area contributed by atoms with E-state index in [2.05, 4.69) is 188 Å². The molecule has 3 heterocycles. The van der Waals surface area contributed by atoms with Crippen LogP contribution in [0.1, 0.15) is 112 Å². The number of para-hydroxylation sites is 2. The highest BCUT2D eigenvalue weighted by Gasteiger charge is 2.33. The number of nitrogens with zero attached hydrogens (tertiary/aromatic N) is 3. The van der Waals surface area contributed by atoms with Gasteiger partial charge in [0.15, 0.2) is 16.6 Å². The van der Waals surface area contributed by atoms with E-state index in [0.29, 0.717) is 11.3 Å². The SMILES string of the molecule is [2H]C([2H])([2H])c1ccc2c(n1)oc1c(-c3n(-c4ccc(C5=CC=C(c6cc(C(C)(C)C)cc(C(C)(C)C)c6)CC=C5)cc4C(C)(C)C)c4ccccc4[n+]3C)c(C)ccc12. The largest absolute Gasteiger partial charge is 0.437 e. The molecule has 4 aromatic carbocycles. The number of pyridine rings is 1. The van der Waals surface area contributed by atoms with Gasteiger partial charge < -0.3 is 4.42 Å². The van der Waals surface area contributed by atoms with Gasteiger partial charge in [0, 0.05) is 26.1 Å². The van der Waals surface area contributed by atoms with Crippen molar-refractivity contribution in [2.75, 3.05) is 0 Å². The summed E-state index contributed by atoms with van der Waals surface area (Å²) in [5.41, 5.74) is 15.0. The zero-order chi connectivity index (χ0) is 42.4. The maximum Gasteiger partial charge on any atom is 0.298 e. The molecule has 0 atom stereocenters. The lowest BCUT2D eigenvalue weighted by molar-refractivity contribution is -0.633. The highest BCUT2D eigenvalue weighted by Crippen LogP contribution is 2.42. The van der Waals surface area contributed by atoms with E-state index in [4.69, 9.17) is 8.53 Å². The molecule has 0 aliphatic heterocycles. The van der Waals surface area contributed by atoms with Gasteiger partial charge in [-0.2, -0.15) is 4.57 Å². The molecule has 7 aromatic rings. The summed E-state index contributed by atoms with van der Waals surface area (Å²) in [5, 5.41) is 1.69. The first-order valence-electron chi connectivity index (χ1n) is 21.3. The van der Waals surface area contributed by atoms with Crippen molar-refractivity contribution in [2.45, 2.75) is 98.8 Å². The average Bonchev–Trinajstić information content (AvgIpc) is 3.54. The number of hydrogen-bond acceptors (Lipinski definition) is 2. The average molecular weight is 742 g/mol. The van der Waals surface area contributed by atoms with Crippen molar-refractivity contribution in [1.82, 2.24) is 9.55 Å². The second kappa shape index (κ2) is 13.3. The minimum Gasteiger partial charge on any atom is -0.437 e. The van der Waals surface area contributed by atoms with Crippen LogP contribution >= 0.6 is 0 Å². The molecular formula is C52H56N3O+. The Morgan fingerprint density at radius 1 is 0.750 bits per heavy atom. The van der Waals surface area contributed by atoms with Gasteiger partial charge in [-0.25, -0.2) is 9.55 Å². The predicted octanol–water partition coefficient (Wildman–Crippen LogP) is 13.4. The van der Waals surface area contributed by atoms with Gasteiger partial charge in [0.2, 0.25) is 5.71 Å². The van der Waals surface area contributed by atoms with Crippen LogP contribution in [0.2, 0.25) is 0 Å². The van der Waals surface area contributed by atoms with Crippen LogP contribution in [0.4, 0.5) is 0 Å². The predicted molar refractivity (Wildman–Crippen MR) is 237 cm³/mol. The number of benzene rings is 4. The van der Waals surface area contributed by atoms with Crippen molar-refractivity contribution in [3.05, 3.63) is 148 Å². The van der Waals surface area contributed by atoms with E-state index in [1.165, 1.54) is 39.0 Å². The van der Waals surface area contributed by atoms with Crippen LogP contribution in [0.15, 0.2) is 114 Å². The third-order valence-electron chi connectivity index (χ3n) is 11.5. The molecule has 8 rings (SSSR count). The van der Waals surface area contributed by atoms with Crippen molar-refractivity contribution in [3.8, 4) is 17.1 Å². The molecule has 4 nitrogen and oxygen atoms in total. The van der Waals surface area contributed by atoms with E-state index < -0.39 is 6.85 Å². The van der Waals surface area contributed by atoms with E-state index in [0.717, 1.165) is 50.9 Å². The first kappa shape index (κ1) is 33.8. The third kappa shape index (κ3) is 6.53. The molecule has 0 amide bonds. The normalized spacial score (nSPS) is 15.2. The molecule has 56 heavy (non-hydrogen) atoms. The molecular weight excluding hydrogens is 683 g/mol. The minimum atomic E-state index is -2.34. The molecule has 0 saturated heterocycles. The second-order valence-corrected chi connectivity index (χ2v) is 18.7. The summed E-state index contributed by atoms with van der Waals surface area (Å²) in [6.45, 7) is 20.4. The Balaban J connectivity index is 1.31. The van der Waals surface area contributed by atoms with Gasteiger partial charge >= 0.3 is 0 Å². The van der Waals surface area contributed by atoms with Crippen molar-refractivity contribution in [3.63, 3.8) is 0 Å². The topological polar surface area (TPSA) is 34.8 Å². The number of imidazole rings is 1. The van der Waals surface area contributed by atoms with Crippen molar-refractivity contribution in [2.24, 2.45) is 7.05 Å². The van der Waals surface area contributed by atoms with Crippen molar-refractivity contribution < 1.29 is 13.1 Å². The number of aryl methyl sites for hydroxylation is 3. The van der Waals surface area contributed by atoms with Crippen LogP contribution in [0.3, 0.4) is 0 Å². The molecule has 0 radical (unpaired) electrons. The fraction of sp³-hybridized carbons (Fsp3) is 0.308. The molecule has 0 unspecified atom stereocenters. The molecule has 284 valence electrons. The summed E-state index contributed by atoms with van der Waals surface area (Å²) >= 11 is 0. The van der Waals surface area contributed by atoms with Gasteiger partial charge in [-0.05, 0) is 112 Å². The number of hydrogen-bond donors (Lipinski definition) is 0. The van der Waals surface area contributed by atoms with Crippen molar-refractivity contribution >= 4 is 44.2 Å². The highest BCUT2D eigenvalue weighted by molar-refractivity contribution is 6.09. The smallest absolute Gasteiger partial charge is 0.298 e. The Morgan fingerprint density at radius 3 is 2.16 bits per heavy atom. The number of rotatable bonds is 4. The van der Waals surface area contributed by atoms with Crippen LogP contribution in [-0.2, 0) is 23.3 Å². The highest BCUT2D eigenvalue weighted by atomic mass is 16.3. The molecule has 0 fully saturated rings. The lowest BCUT2D eigenvalue weighted by atomic mass is 9.78. The van der Waals surface area contributed by atoms with Crippen LogP contribution in [0, 0.1) is 13.8 Å². The Hall–Kier alpha value is -5.48. The Bertz CT molecular complexity index is 2880. The van der Waals surface area contributed by atoms with Gasteiger partial charge in [-0.3, -0.25) is 0 Å². The van der Waals surface area contributed by atoms with E-state index in [1.807, 2.05) is 6.07 Å². The summed E-state index contributed by atoms with van der Waals surface area (Å²) in [5.74, 6) is 0.968. The molecule has 0 bridgehead atoms. The standard InChI is InChI=1S/C52H56N3O/c1-32-20-25-40-41-26-21-33(2)53-48(41)56-47(40)46(32)49-54(12)44-18-13-14-19-45(44)55(49)43-27-24-36(30-42(43)52(9,10)11)34-16-15-17-35(23-22-34)37-28-38(50(3,4)5)31-39(29-37)51(6,7)8/h13-16,18-31H,17H2,1-12H3/q+1/i2D3. The Labute approximate surface area is 337 Å². The van der Waals surface area contributed by atoms with Crippen LogP contribution in [0.25, 0.3) is 61.3 Å². The molecule has 4 heteroatoms. The quantitative estimate of drug-likeness (QED) is 0.168. The van der Waals surface area contributed by atoms with E-state index in [9.17, 15) is 0 Å². The van der Waals surface area contributed by atoms with E-state index in [-0.39, 0.29) is 21.9 Å². The zero-order valence-electron chi connectivity index (χ0n) is 37.8. The molecule has 1 aliphatic rings. The first-order valence-corrected chi connectivity index (χ1v) is 19.8. The minimum absolute atomic E-state index is 0.0201. The monoisotopic (exact) mass is 741 g/mol. The summed E-state index contributed by atoms with van der Waals surface area (Å²) < 4.78 is 35.1. The zero-order valence-corrected chi connectivity index (χ0v) is 34.8. The van der Waals surface area contributed by atoms with Crippen molar-refractivity contribution in [1.29, 1.82) is 0 Å². The van der Waals surface area contributed by atoms with E-state index >= 15 is 0 Å². The fourth-order valence-corrected chi connectivity index (χ4v) is 8.16. The third-order valence-corrected chi connectivity index (χ3v) is 11.5. The van der Waals surface area contributed by atoms with Gasteiger partial charge in [0.05, 0.1) is 7.05 Å². The summed E-state index contributed by atoms with van der Waals surface area (Å²) in [7, 11) is 2.11. The fourth-order valence-electron chi connectivity index (χ4n) is 8.16. The summed E-state index contributed by atoms with van der Waals surface area (Å²) in [6, 6.07) is 30.2. The van der Waals surface area contributed by atoms with E-state index in [1.54, 1.807) is 6.07 Å². The van der Waals surface area contributed by atoms with Crippen LogP contribution in [0.5, 0.6) is 0 Å². The van der Waals surface area contributed by atoms with Gasteiger partial charge in [-0.15, -0.1) is 0 Å². The van der Waals surface area contributed by atoms with Crippen LogP contribution in [-0.4, -0.2) is 9.55 Å². The van der Waals surface area contributed by atoms with Gasteiger partial charge in [-0.1, -0.05) is 135 Å². The molecule has 1 aliphatic carbocycles. The molecule has 0 N–H and O–H groups in total. The molecule has 0 spiro atoms. The second-order valence-electron chi connectivity index (χ2n) is 18.7. The number of aromatic nitrogens is 3. The van der Waals surface area contributed by atoms with Crippen LogP contribution < -0.4 is 4.57 Å². The maximum atomic E-state index is 7.98. The lowest BCUT2D eigenvalue weighted by Crippen LogP contribution is -2.30. The number of fused-ring (bicyclic) bond motifs is 4. The summed E-state index contributed by atoms with van der Waals surface area (Å²) in [4.78, 5) is 4.49. The Kier molecular flexibility index (Phi) is 8.05. The first-order chi connectivity index (χ1) is 27.6. The lowest BCUT2D eigenvalue weighted by Gasteiger charge is -2.26. The molecule has 0 saturated carbocycles. The number of allylic oxidation sites excluding steroid dienone is 6.